The molecule has 0 aliphatic heterocycles. The molecule has 0 aliphatic carbocycles. The topological polar surface area (TPSA) is 57.5 Å². The lowest BCUT2D eigenvalue weighted by Crippen LogP contribution is -1.97. The van der Waals surface area contributed by atoms with Crippen LogP contribution in [0.25, 0.3) is 0 Å². The van der Waals surface area contributed by atoms with Gasteiger partial charge in [-0.25, -0.2) is 0 Å². The highest BCUT2D eigenvalue weighted by atomic mass is 16.4. The van der Waals surface area contributed by atoms with Crippen molar-refractivity contribution in [1.29, 1.82) is 0 Å². The van der Waals surface area contributed by atoms with Gasteiger partial charge in [-0.05, 0) is 37.0 Å². The third-order valence-electron chi connectivity index (χ3n) is 2.20. The van der Waals surface area contributed by atoms with Crippen LogP contribution >= 0.6 is 0 Å². The lowest BCUT2D eigenvalue weighted by Gasteiger charge is -2.06. The van der Waals surface area contributed by atoms with Crippen LogP contribution in [0.15, 0.2) is 18.2 Å². The molecule has 0 fully saturated rings. The fourth-order valence-corrected chi connectivity index (χ4v) is 1.43. The highest BCUT2D eigenvalue weighted by molar-refractivity contribution is 5.66. The Morgan fingerprint density at radius 1 is 1.43 bits per heavy atom. The van der Waals surface area contributed by atoms with Crippen LogP contribution in [0.4, 0.5) is 0 Å². The molecule has 0 saturated carbocycles. The third kappa shape index (κ3) is 2.76. The average Bonchev–Trinajstić information content (AvgIpc) is 2.09. The van der Waals surface area contributed by atoms with Gasteiger partial charge in [0.25, 0.3) is 0 Å². The third-order valence-corrected chi connectivity index (χ3v) is 2.20. The molecule has 1 aromatic rings. The number of hydrogen-bond acceptors (Lipinski definition) is 2. The number of phenols is 1. The zero-order chi connectivity index (χ0) is 10.6. The molecule has 0 atom stereocenters. The van der Waals surface area contributed by atoms with Crippen LogP contribution in [0.5, 0.6) is 5.75 Å². The van der Waals surface area contributed by atoms with Crippen molar-refractivity contribution in [2.75, 3.05) is 0 Å². The number of aliphatic carboxylic acids is 1. The number of carboxylic acids is 1. The average molecular weight is 194 g/mol. The van der Waals surface area contributed by atoms with E-state index < -0.39 is 5.97 Å². The SMILES string of the molecule is Cc1cccc(O)c1CCCC(=O)O. The summed E-state index contributed by atoms with van der Waals surface area (Å²) in [7, 11) is 0. The fraction of sp³-hybridized carbons (Fsp3) is 0.364. The van der Waals surface area contributed by atoms with E-state index in [4.69, 9.17) is 5.11 Å². The van der Waals surface area contributed by atoms with Gasteiger partial charge < -0.3 is 10.2 Å². The Labute approximate surface area is 83.0 Å². The van der Waals surface area contributed by atoms with Crippen LogP contribution in [-0.4, -0.2) is 16.2 Å². The van der Waals surface area contributed by atoms with Gasteiger partial charge in [-0.2, -0.15) is 0 Å². The molecular weight excluding hydrogens is 180 g/mol. The number of benzene rings is 1. The predicted molar refractivity (Wildman–Crippen MR) is 53.4 cm³/mol. The zero-order valence-corrected chi connectivity index (χ0v) is 8.16. The summed E-state index contributed by atoms with van der Waals surface area (Å²) in [6, 6.07) is 5.32. The van der Waals surface area contributed by atoms with E-state index in [1.807, 2.05) is 13.0 Å². The van der Waals surface area contributed by atoms with Gasteiger partial charge in [-0.1, -0.05) is 12.1 Å². The summed E-state index contributed by atoms with van der Waals surface area (Å²) in [5, 5.41) is 18.0. The maximum Gasteiger partial charge on any atom is 0.303 e. The van der Waals surface area contributed by atoms with Crippen LogP contribution in [0.2, 0.25) is 0 Å². The number of aromatic hydroxyl groups is 1. The Hall–Kier alpha value is -1.51. The minimum Gasteiger partial charge on any atom is -0.508 e. The summed E-state index contributed by atoms with van der Waals surface area (Å²) in [4.78, 5) is 10.3. The maximum absolute atomic E-state index is 10.3. The molecule has 0 aromatic heterocycles. The van der Waals surface area contributed by atoms with Crippen LogP contribution in [0.1, 0.15) is 24.0 Å². The summed E-state index contributed by atoms with van der Waals surface area (Å²) in [6.45, 7) is 1.91. The summed E-state index contributed by atoms with van der Waals surface area (Å²) in [5.41, 5.74) is 1.86. The van der Waals surface area contributed by atoms with Gasteiger partial charge >= 0.3 is 5.97 Å². The Morgan fingerprint density at radius 2 is 2.14 bits per heavy atom. The molecule has 0 heterocycles. The summed E-state index contributed by atoms with van der Waals surface area (Å²) < 4.78 is 0. The van der Waals surface area contributed by atoms with Crippen LogP contribution < -0.4 is 0 Å². The van der Waals surface area contributed by atoms with Crippen LogP contribution in [-0.2, 0) is 11.2 Å². The monoisotopic (exact) mass is 194 g/mol. The maximum atomic E-state index is 10.3. The van der Waals surface area contributed by atoms with E-state index in [1.165, 1.54) is 0 Å². The Bertz CT molecular complexity index is 311. The van der Waals surface area contributed by atoms with Crippen molar-refractivity contribution in [2.45, 2.75) is 26.2 Å². The van der Waals surface area contributed by atoms with Crippen molar-refractivity contribution < 1.29 is 15.0 Å². The molecule has 1 rings (SSSR count). The second-order valence-electron chi connectivity index (χ2n) is 3.32. The summed E-state index contributed by atoms with van der Waals surface area (Å²) >= 11 is 0. The molecule has 0 radical (unpaired) electrons. The van der Waals surface area contributed by atoms with Crippen molar-refractivity contribution in [3.8, 4) is 5.75 Å². The van der Waals surface area contributed by atoms with E-state index in [0.717, 1.165) is 11.1 Å². The number of carboxylic acid groups (broad SMARTS) is 1. The van der Waals surface area contributed by atoms with E-state index in [9.17, 15) is 9.90 Å². The molecule has 3 heteroatoms. The molecule has 1 aromatic carbocycles. The zero-order valence-electron chi connectivity index (χ0n) is 8.16. The van der Waals surface area contributed by atoms with Gasteiger partial charge in [0, 0.05) is 6.42 Å². The second kappa shape index (κ2) is 4.65. The smallest absolute Gasteiger partial charge is 0.303 e. The van der Waals surface area contributed by atoms with E-state index in [2.05, 4.69) is 0 Å². The Kier molecular flexibility index (Phi) is 3.51. The molecular formula is C11H14O3. The van der Waals surface area contributed by atoms with Crippen molar-refractivity contribution in [1.82, 2.24) is 0 Å². The van der Waals surface area contributed by atoms with E-state index in [-0.39, 0.29) is 12.2 Å². The van der Waals surface area contributed by atoms with Gasteiger partial charge in [0.05, 0.1) is 0 Å². The first-order valence-electron chi connectivity index (χ1n) is 4.60. The first kappa shape index (κ1) is 10.6. The first-order chi connectivity index (χ1) is 6.61. The molecule has 0 aliphatic rings. The minimum atomic E-state index is -0.793. The molecule has 14 heavy (non-hydrogen) atoms. The lowest BCUT2D eigenvalue weighted by atomic mass is 10.0. The van der Waals surface area contributed by atoms with Crippen LogP contribution in [0.3, 0.4) is 0 Å². The van der Waals surface area contributed by atoms with Gasteiger partial charge in [0.15, 0.2) is 0 Å². The molecule has 3 nitrogen and oxygen atoms in total. The quantitative estimate of drug-likeness (QED) is 0.771. The predicted octanol–water partition coefficient (Wildman–Crippen LogP) is 2.11. The van der Waals surface area contributed by atoms with E-state index in [1.54, 1.807) is 12.1 Å². The largest absolute Gasteiger partial charge is 0.508 e. The normalized spacial score (nSPS) is 10.1. The van der Waals surface area contributed by atoms with Gasteiger partial charge in [-0.3, -0.25) is 4.79 Å². The van der Waals surface area contributed by atoms with E-state index in [0.29, 0.717) is 12.8 Å². The van der Waals surface area contributed by atoms with E-state index >= 15 is 0 Å². The minimum absolute atomic E-state index is 0.147. The molecule has 2 N–H and O–H groups in total. The van der Waals surface area contributed by atoms with Gasteiger partial charge in [0.2, 0.25) is 0 Å². The van der Waals surface area contributed by atoms with Crippen molar-refractivity contribution in [3.05, 3.63) is 29.3 Å². The van der Waals surface area contributed by atoms with Crippen molar-refractivity contribution >= 4 is 5.97 Å². The van der Waals surface area contributed by atoms with Gasteiger partial charge in [-0.15, -0.1) is 0 Å². The summed E-state index contributed by atoms with van der Waals surface area (Å²) in [6.07, 6.45) is 1.33. The van der Waals surface area contributed by atoms with Crippen molar-refractivity contribution in [2.24, 2.45) is 0 Å². The fourth-order valence-electron chi connectivity index (χ4n) is 1.43. The number of phenolic OH excluding ortho intramolecular Hbond substituents is 1. The standard InChI is InChI=1S/C11H14O3/c1-8-4-2-6-10(12)9(8)5-3-7-11(13)14/h2,4,6,12H,3,5,7H2,1H3,(H,13,14). The number of hydrogen-bond donors (Lipinski definition) is 2. The highest BCUT2D eigenvalue weighted by Gasteiger charge is 2.05. The molecule has 0 saturated heterocycles. The first-order valence-corrected chi connectivity index (χ1v) is 4.60. The number of rotatable bonds is 4. The summed E-state index contributed by atoms with van der Waals surface area (Å²) in [5.74, 6) is -0.534. The van der Waals surface area contributed by atoms with Crippen LogP contribution in [0, 0.1) is 6.92 Å². The highest BCUT2D eigenvalue weighted by Crippen LogP contribution is 2.22. The Morgan fingerprint density at radius 3 is 2.71 bits per heavy atom. The second-order valence-corrected chi connectivity index (χ2v) is 3.32. The molecule has 0 amide bonds. The van der Waals surface area contributed by atoms with Gasteiger partial charge in [0.1, 0.15) is 5.75 Å². The molecule has 0 spiro atoms. The molecule has 76 valence electrons. The molecule has 0 bridgehead atoms. The number of carbonyl (C=O) groups is 1. The Balaban J connectivity index is 2.62. The lowest BCUT2D eigenvalue weighted by molar-refractivity contribution is -0.137. The van der Waals surface area contributed by atoms with Crippen molar-refractivity contribution in [3.63, 3.8) is 0 Å². The molecule has 0 unspecified atom stereocenters. The number of aryl methyl sites for hydroxylation is 1.